The molecule has 0 radical (unpaired) electrons. The molecule has 0 spiro atoms. The summed E-state index contributed by atoms with van der Waals surface area (Å²) >= 11 is 0. The summed E-state index contributed by atoms with van der Waals surface area (Å²) < 4.78 is 26.4. The van der Waals surface area contributed by atoms with Crippen molar-refractivity contribution in [3.05, 3.63) is 33.9 Å². The Hall–Kier alpha value is -1.22. The Morgan fingerprint density at radius 3 is 2.67 bits per heavy atom. The van der Waals surface area contributed by atoms with Crippen molar-refractivity contribution in [2.24, 2.45) is 0 Å². The third-order valence-electron chi connectivity index (χ3n) is 3.35. The summed E-state index contributed by atoms with van der Waals surface area (Å²) in [5, 5.41) is 14.1. The van der Waals surface area contributed by atoms with E-state index in [0.717, 1.165) is 6.07 Å². The van der Waals surface area contributed by atoms with E-state index in [1.54, 1.807) is 6.92 Å². The molecule has 1 N–H and O–H groups in total. The summed E-state index contributed by atoms with van der Waals surface area (Å²) in [6.45, 7) is 4.80. The van der Waals surface area contributed by atoms with Gasteiger partial charge >= 0.3 is 0 Å². The van der Waals surface area contributed by atoms with Crippen LogP contribution in [-0.2, 0) is 10.0 Å². The molecule has 1 aromatic carbocycles. The highest BCUT2D eigenvalue weighted by molar-refractivity contribution is 7.89. The van der Waals surface area contributed by atoms with E-state index in [9.17, 15) is 18.5 Å². The van der Waals surface area contributed by atoms with E-state index in [-0.39, 0.29) is 29.0 Å². The van der Waals surface area contributed by atoms with Gasteiger partial charge in [-0.3, -0.25) is 10.1 Å². The number of aryl methyl sites for hydroxylation is 1. The van der Waals surface area contributed by atoms with E-state index < -0.39 is 14.9 Å². The lowest BCUT2D eigenvalue weighted by molar-refractivity contribution is -0.385. The van der Waals surface area contributed by atoms with Crippen LogP contribution in [0.3, 0.4) is 0 Å². The van der Waals surface area contributed by atoms with Gasteiger partial charge in [-0.2, -0.15) is 4.31 Å². The molecule has 0 aliphatic carbocycles. The highest BCUT2D eigenvalue weighted by atomic mass is 35.5. The maximum absolute atomic E-state index is 12.5. The number of nitro benzene ring substituents is 1. The number of rotatable bonds is 3. The molecule has 0 aromatic heterocycles. The van der Waals surface area contributed by atoms with Gasteiger partial charge in [-0.15, -0.1) is 12.4 Å². The minimum Gasteiger partial charge on any atom is -0.312 e. The molecule has 0 amide bonds. The summed E-state index contributed by atoms with van der Waals surface area (Å²) in [6, 6.07) is 4.09. The molecule has 1 aliphatic heterocycles. The number of nitrogens with zero attached hydrogens (tertiary/aromatic N) is 2. The van der Waals surface area contributed by atoms with Gasteiger partial charge in [-0.1, -0.05) is 6.07 Å². The van der Waals surface area contributed by atoms with Gasteiger partial charge in [0.2, 0.25) is 10.0 Å². The monoisotopic (exact) mass is 335 g/mol. The second-order valence-electron chi connectivity index (χ2n) is 4.92. The smallest absolute Gasteiger partial charge is 0.273 e. The lowest BCUT2D eigenvalue weighted by Crippen LogP contribution is -2.51. The molecule has 0 saturated carbocycles. The Morgan fingerprint density at radius 2 is 2.10 bits per heavy atom. The van der Waals surface area contributed by atoms with Crippen molar-refractivity contribution >= 4 is 28.1 Å². The number of hydrogen-bond donors (Lipinski definition) is 1. The SMILES string of the molecule is Cc1ccc(S(=O)(=O)N2CCNC(C)C2)cc1[N+](=O)[O-].Cl. The molecule has 7 nitrogen and oxygen atoms in total. The van der Waals surface area contributed by atoms with Gasteiger partial charge in [0.1, 0.15) is 0 Å². The molecular weight excluding hydrogens is 318 g/mol. The average Bonchev–Trinajstić information content (AvgIpc) is 2.38. The highest BCUT2D eigenvalue weighted by Crippen LogP contribution is 2.25. The largest absolute Gasteiger partial charge is 0.312 e. The summed E-state index contributed by atoms with van der Waals surface area (Å²) in [6.07, 6.45) is 0. The first-order valence-electron chi connectivity index (χ1n) is 6.31. The molecule has 1 aromatic rings. The first-order chi connectivity index (χ1) is 9.32. The molecule has 2 rings (SSSR count). The zero-order valence-electron chi connectivity index (χ0n) is 11.8. The fourth-order valence-corrected chi connectivity index (χ4v) is 3.76. The molecule has 1 aliphatic rings. The van der Waals surface area contributed by atoms with Gasteiger partial charge in [0.15, 0.2) is 0 Å². The Balaban J connectivity index is 0.00000220. The van der Waals surface area contributed by atoms with Gasteiger partial charge in [-0.05, 0) is 19.9 Å². The number of hydrogen-bond acceptors (Lipinski definition) is 5. The first kappa shape index (κ1) is 17.8. The maximum Gasteiger partial charge on any atom is 0.273 e. The van der Waals surface area contributed by atoms with Crippen LogP contribution in [0.2, 0.25) is 0 Å². The van der Waals surface area contributed by atoms with Crippen LogP contribution in [0.25, 0.3) is 0 Å². The zero-order valence-corrected chi connectivity index (χ0v) is 13.4. The predicted molar refractivity (Wildman–Crippen MR) is 81.3 cm³/mol. The van der Waals surface area contributed by atoms with Crippen LogP contribution in [0.5, 0.6) is 0 Å². The van der Waals surface area contributed by atoms with Gasteiger partial charge in [0.05, 0.1) is 9.82 Å². The Labute approximate surface area is 129 Å². The molecule has 1 heterocycles. The number of halogens is 1. The number of nitrogens with one attached hydrogen (secondary N) is 1. The van der Waals surface area contributed by atoms with E-state index in [1.165, 1.54) is 16.4 Å². The van der Waals surface area contributed by atoms with Gasteiger partial charge < -0.3 is 5.32 Å². The molecule has 118 valence electrons. The molecule has 1 unspecified atom stereocenters. The van der Waals surface area contributed by atoms with Crippen molar-refractivity contribution in [1.82, 2.24) is 9.62 Å². The van der Waals surface area contributed by atoms with E-state index in [4.69, 9.17) is 0 Å². The third-order valence-corrected chi connectivity index (χ3v) is 5.21. The molecule has 21 heavy (non-hydrogen) atoms. The summed E-state index contributed by atoms with van der Waals surface area (Å²) in [7, 11) is -3.68. The van der Waals surface area contributed by atoms with Gasteiger partial charge in [0.25, 0.3) is 5.69 Å². The fraction of sp³-hybridized carbons (Fsp3) is 0.500. The van der Waals surface area contributed by atoms with Crippen LogP contribution in [-0.4, -0.2) is 43.3 Å². The molecule has 9 heteroatoms. The Morgan fingerprint density at radius 1 is 1.43 bits per heavy atom. The first-order valence-corrected chi connectivity index (χ1v) is 7.75. The van der Waals surface area contributed by atoms with E-state index >= 15 is 0 Å². The van der Waals surface area contributed by atoms with Crippen LogP contribution in [0.1, 0.15) is 12.5 Å². The van der Waals surface area contributed by atoms with Crippen molar-refractivity contribution in [3.8, 4) is 0 Å². The quantitative estimate of drug-likeness (QED) is 0.664. The molecular formula is C12H18ClN3O4S. The van der Waals surface area contributed by atoms with Crippen molar-refractivity contribution in [2.45, 2.75) is 24.8 Å². The van der Waals surface area contributed by atoms with Crippen molar-refractivity contribution in [2.75, 3.05) is 19.6 Å². The number of nitro groups is 1. The minimum absolute atomic E-state index is 0. The Kier molecular flexibility index (Phi) is 5.68. The van der Waals surface area contributed by atoms with Crippen molar-refractivity contribution < 1.29 is 13.3 Å². The van der Waals surface area contributed by atoms with Crippen LogP contribution >= 0.6 is 12.4 Å². The number of piperazine rings is 1. The molecule has 0 bridgehead atoms. The third kappa shape index (κ3) is 3.70. The number of benzene rings is 1. The van der Waals surface area contributed by atoms with Crippen LogP contribution < -0.4 is 5.32 Å². The van der Waals surface area contributed by atoms with Crippen molar-refractivity contribution in [3.63, 3.8) is 0 Å². The van der Waals surface area contributed by atoms with Gasteiger partial charge in [0, 0.05) is 37.3 Å². The normalized spacial score (nSPS) is 19.8. The van der Waals surface area contributed by atoms with E-state index in [0.29, 0.717) is 25.2 Å². The van der Waals surface area contributed by atoms with E-state index in [1.807, 2.05) is 6.92 Å². The minimum atomic E-state index is -3.68. The topological polar surface area (TPSA) is 92.6 Å². The van der Waals surface area contributed by atoms with Gasteiger partial charge in [-0.25, -0.2) is 8.42 Å². The van der Waals surface area contributed by atoms with Crippen LogP contribution in [0.4, 0.5) is 5.69 Å². The molecule has 1 saturated heterocycles. The lowest BCUT2D eigenvalue weighted by atomic mass is 10.2. The molecule has 1 atom stereocenters. The standard InChI is InChI=1S/C12H17N3O4S.ClH/c1-9-3-4-11(7-12(9)15(16)17)20(18,19)14-6-5-13-10(2)8-14;/h3-4,7,10,13H,5-6,8H2,1-2H3;1H. The lowest BCUT2D eigenvalue weighted by Gasteiger charge is -2.30. The summed E-state index contributed by atoms with van der Waals surface area (Å²) in [5.41, 5.74) is 0.275. The second-order valence-corrected chi connectivity index (χ2v) is 6.86. The Bertz CT molecular complexity index is 635. The number of sulfonamides is 1. The predicted octanol–water partition coefficient (Wildman–Crippen LogP) is 1.31. The fourth-order valence-electron chi connectivity index (χ4n) is 2.21. The average molecular weight is 336 g/mol. The summed E-state index contributed by atoms with van der Waals surface area (Å²) in [4.78, 5) is 10.3. The van der Waals surface area contributed by atoms with E-state index in [2.05, 4.69) is 5.32 Å². The van der Waals surface area contributed by atoms with Crippen molar-refractivity contribution in [1.29, 1.82) is 0 Å². The second kappa shape index (κ2) is 6.69. The highest BCUT2D eigenvalue weighted by Gasteiger charge is 2.29. The zero-order chi connectivity index (χ0) is 14.9. The summed E-state index contributed by atoms with van der Waals surface area (Å²) in [5.74, 6) is 0. The molecule has 1 fully saturated rings. The maximum atomic E-state index is 12.5. The van der Waals surface area contributed by atoms with Crippen LogP contribution in [0, 0.1) is 17.0 Å². The van der Waals surface area contributed by atoms with Crippen LogP contribution in [0.15, 0.2) is 23.1 Å².